The molecule has 8 N–H and O–H groups in total. The summed E-state index contributed by atoms with van der Waals surface area (Å²) in [5, 5.41) is 0. The van der Waals surface area contributed by atoms with Crippen molar-refractivity contribution in [2.75, 3.05) is 11.5 Å². The van der Waals surface area contributed by atoms with E-state index in [0.29, 0.717) is 23.0 Å². The SMILES string of the molecule is Cl.Cl.NC(=Nc1ccc(N)cc1)c1ccc(C(N)=Nc2ccc(N)cc2)cc1. The number of anilines is 2. The number of amidine groups is 2. The zero-order valence-electron chi connectivity index (χ0n) is 14.9. The second-order valence-electron chi connectivity index (χ2n) is 5.75. The maximum absolute atomic E-state index is 6.07. The Kier molecular flexibility index (Phi) is 8.31. The van der Waals surface area contributed by atoms with Gasteiger partial charge >= 0.3 is 0 Å². The van der Waals surface area contributed by atoms with Crippen LogP contribution in [-0.4, -0.2) is 11.7 Å². The summed E-state index contributed by atoms with van der Waals surface area (Å²) in [4.78, 5) is 8.77. The molecular weight excluding hydrogens is 395 g/mol. The molecular formula is C20H22Cl2N6. The first-order valence-corrected chi connectivity index (χ1v) is 8.01. The number of halogens is 2. The van der Waals surface area contributed by atoms with Crippen molar-refractivity contribution in [1.29, 1.82) is 0 Å². The second kappa shape index (κ2) is 10.2. The van der Waals surface area contributed by atoms with Crippen molar-refractivity contribution in [3.05, 3.63) is 83.9 Å². The minimum Gasteiger partial charge on any atom is -0.399 e. The summed E-state index contributed by atoms with van der Waals surface area (Å²) in [6, 6.07) is 21.8. The molecule has 3 rings (SSSR count). The predicted octanol–water partition coefficient (Wildman–Crippen LogP) is 3.77. The maximum Gasteiger partial charge on any atom is 0.131 e. The van der Waals surface area contributed by atoms with E-state index < -0.39 is 0 Å². The lowest BCUT2D eigenvalue weighted by molar-refractivity contribution is 1.43. The van der Waals surface area contributed by atoms with Gasteiger partial charge < -0.3 is 22.9 Å². The molecule has 0 saturated heterocycles. The fourth-order valence-corrected chi connectivity index (χ4v) is 2.32. The van der Waals surface area contributed by atoms with E-state index in [0.717, 1.165) is 22.5 Å². The minimum atomic E-state index is 0. The summed E-state index contributed by atoms with van der Waals surface area (Å²) in [6.45, 7) is 0. The summed E-state index contributed by atoms with van der Waals surface area (Å²) in [7, 11) is 0. The Morgan fingerprint density at radius 3 is 1.07 bits per heavy atom. The van der Waals surface area contributed by atoms with Gasteiger partial charge in [-0.05, 0) is 48.5 Å². The van der Waals surface area contributed by atoms with Gasteiger partial charge in [0.1, 0.15) is 11.7 Å². The Bertz CT molecular complexity index is 869. The number of benzene rings is 3. The van der Waals surface area contributed by atoms with Gasteiger partial charge in [0, 0.05) is 22.5 Å². The first-order valence-electron chi connectivity index (χ1n) is 8.01. The number of hydrogen-bond donors (Lipinski definition) is 4. The van der Waals surface area contributed by atoms with Crippen LogP contribution in [0.2, 0.25) is 0 Å². The van der Waals surface area contributed by atoms with Crippen molar-refractivity contribution in [2.24, 2.45) is 21.5 Å². The van der Waals surface area contributed by atoms with Gasteiger partial charge in [-0.2, -0.15) is 0 Å². The van der Waals surface area contributed by atoms with Crippen LogP contribution < -0.4 is 22.9 Å². The fraction of sp³-hybridized carbons (Fsp3) is 0. The Hall–Kier alpha value is -3.22. The molecule has 28 heavy (non-hydrogen) atoms. The highest BCUT2D eigenvalue weighted by atomic mass is 35.5. The van der Waals surface area contributed by atoms with Gasteiger partial charge in [0.15, 0.2) is 0 Å². The Morgan fingerprint density at radius 2 is 0.786 bits per heavy atom. The van der Waals surface area contributed by atoms with E-state index >= 15 is 0 Å². The molecule has 3 aromatic rings. The van der Waals surface area contributed by atoms with Crippen LogP contribution in [0.5, 0.6) is 0 Å². The Labute approximate surface area is 176 Å². The molecule has 6 nitrogen and oxygen atoms in total. The Balaban J connectivity index is 0.00000196. The fourth-order valence-electron chi connectivity index (χ4n) is 2.32. The quantitative estimate of drug-likeness (QED) is 0.293. The third kappa shape index (κ3) is 5.90. The summed E-state index contributed by atoms with van der Waals surface area (Å²) in [5.74, 6) is 0.825. The van der Waals surface area contributed by atoms with Crippen molar-refractivity contribution in [1.82, 2.24) is 0 Å². The van der Waals surface area contributed by atoms with Crippen molar-refractivity contribution < 1.29 is 0 Å². The molecule has 0 atom stereocenters. The first-order chi connectivity index (χ1) is 12.5. The van der Waals surface area contributed by atoms with Crippen LogP contribution in [0.15, 0.2) is 82.8 Å². The van der Waals surface area contributed by atoms with Crippen molar-refractivity contribution in [2.45, 2.75) is 0 Å². The number of nitrogens with zero attached hydrogens (tertiary/aromatic N) is 2. The maximum atomic E-state index is 6.07. The van der Waals surface area contributed by atoms with Crippen LogP contribution in [-0.2, 0) is 0 Å². The van der Waals surface area contributed by atoms with Gasteiger partial charge in [-0.15, -0.1) is 24.8 Å². The lowest BCUT2D eigenvalue weighted by Crippen LogP contribution is -2.15. The molecule has 0 aliphatic carbocycles. The van der Waals surface area contributed by atoms with Crippen LogP contribution >= 0.6 is 24.8 Å². The molecule has 0 spiro atoms. The predicted molar refractivity (Wildman–Crippen MR) is 123 cm³/mol. The van der Waals surface area contributed by atoms with Crippen LogP contribution in [0, 0.1) is 0 Å². The number of rotatable bonds is 4. The van der Waals surface area contributed by atoms with Crippen molar-refractivity contribution in [3.8, 4) is 0 Å². The zero-order chi connectivity index (χ0) is 18.5. The molecule has 0 radical (unpaired) electrons. The summed E-state index contributed by atoms with van der Waals surface area (Å²) in [6.07, 6.45) is 0. The second-order valence-corrected chi connectivity index (χ2v) is 5.75. The molecule has 0 aliphatic heterocycles. The highest BCUT2D eigenvalue weighted by Crippen LogP contribution is 2.17. The minimum absolute atomic E-state index is 0. The third-order valence-corrected chi connectivity index (χ3v) is 3.76. The molecule has 0 bridgehead atoms. The normalized spacial score (nSPS) is 11.3. The molecule has 0 heterocycles. The van der Waals surface area contributed by atoms with Crippen molar-refractivity contribution in [3.63, 3.8) is 0 Å². The highest BCUT2D eigenvalue weighted by Gasteiger charge is 2.03. The van der Waals surface area contributed by atoms with E-state index in [1.54, 1.807) is 24.3 Å². The third-order valence-electron chi connectivity index (χ3n) is 3.76. The van der Waals surface area contributed by atoms with Gasteiger partial charge in [0.25, 0.3) is 0 Å². The van der Waals surface area contributed by atoms with Crippen LogP contribution in [0.4, 0.5) is 22.7 Å². The monoisotopic (exact) mass is 416 g/mol. The summed E-state index contributed by atoms with van der Waals surface area (Å²) >= 11 is 0. The smallest absolute Gasteiger partial charge is 0.131 e. The molecule has 0 amide bonds. The number of hydrogen-bond acceptors (Lipinski definition) is 4. The largest absolute Gasteiger partial charge is 0.399 e. The topological polar surface area (TPSA) is 129 Å². The van der Waals surface area contributed by atoms with Gasteiger partial charge in [0.2, 0.25) is 0 Å². The van der Waals surface area contributed by atoms with Gasteiger partial charge in [-0.3, -0.25) is 0 Å². The van der Waals surface area contributed by atoms with Gasteiger partial charge in [-0.25, -0.2) is 9.98 Å². The lowest BCUT2D eigenvalue weighted by atomic mass is 10.1. The molecule has 0 fully saturated rings. The average Bonchev–Trinajstić information content (AvgIpc) is 2.65. The van der Waals surface area contributed by atoms with Crippen LogP contribution in [0.1, 0.15) is 11.1 Å². The highest BCUT2D eigenvalue weighted by molar-refractivity contribution is 6.02. The molecule has 0 aliphatic rings. The molecule has 3 aromatic carbocycles. The molecule has 8 heteroatoms. The molecule has 0 aromatic heterocycles. The average molecular weight is 417 g/mol. The van der Waals surface area contributed by atoms with E-state index in [-0.39, 0.29) is 24.8 Å². The zero-order valence-corrected chi connectivity index (χ0v) is 16.6. The summed E-state index contributed by atoms with van der Waals surface area (Å²) in [5.41, 5.74) is 27.9. The summed E-state index contributed by atoms with van der Waals surface area (Å²) < 4.78 is 0. The lowest BCUT2D eigenvalue weighted by Gasteiger charge is -2.05. The van der Waals surface area contributed by atoms with E-state index in [1.807, 2.05) is 48.5 Å². The molecule has 146 valence electrons. The van der Waals surface area contributed by atoms with E-state index in [9.17, 15) is 0 Å². The Morgan fingerprint density at radius 1 is 0.500 bits per heavy atom. The number of nitrogens with two attached hydrogens (primary N) is 4. The first kappa shape index (κ1) is 22.8. The molecule has 0 unspecified atom stereocenters. The van der Waals surface area contributed by atoms with Crippen molar-refractivity contribution >= 4 is 59.2 Å². The number of aliphatic imine (C=N–C) groups is 2. The van der Waals surface area contributed by atoms with E-state index in [1.165, 1.54) is 0 Å². The van der Waals surface area contributed by atoms with E-state index in [2.05, 4.69) is 9.98 Å². The van der Waals surface area contributed by atoms with Gasteiger partial charge in [0.05, 0.1) is 11.4 Å². The van der Waals surface area contributed by atoms with Gasteiger partial charge in [-0.1, -0.05) is 24.3 Å². The standard InChI is InChI=1S/C20H20N6.2ClH/c21-15-5-9-17(10-6-15)25-19(23)13-1-2-14(4-3-13)20(24)26-18-11-7-16(22)8-12-18;;/h1-12H,21-22H2,(H2,23,25)(H2,24,26);2*1H. The van der Waals surface area contributed by atoms with Crippen LogP contribution in [0.25, 0.3) is 0 Å². The van der Waals surface area contributed by atoms with Crippen LogP contribution in [0.3, 0.4) is 0 Å². The molecule has 0 saturated carbocycles. The van der Waals surface area contributed by atoms with E-state index in [4.69, 9.17) is 22.9 Å². The number of nitrogen functional groups attached to an aromatic ring is 2.